The Hall–Kier alpha value is -1.41. The van der Waals surface area contributed by atoms with Crippen molar-refractivity contribution in [3.63, 3.8) is 0 Å². The molecule has 1 aromatic carbocycles. The Morgan fingerprint density at radius 2 is 2.30 bits per heavy atom. The van der Waals surface area contributed by atoms with Crippen molar-refractivity contribution in [2.45, 2.75) is 12.3 Å². The van der Waals surface area contributed by atoms with Gasteiger partial charge in [-0.05, 0) is 25.2 Å². The summed E-state index contributed by atoms with van der Waals surface area (Å²) in [6, 6.07) is 5.62. The number of nitrogens with two attached hydrogens (primary N) is 1. The van der Waals surface area contributed by atoms with Crippen LogP contribution >= 0.6 is 15.9 Å². The number of aromatic nitrogens is 1. The minimum Gasteiger partial charge on any atom is -0.477 e. The van der Waals surface area contributed by atoms with Crippen LogP contribution in [-0.2, 0) is 0 Å². The fraction of sp³-hybridized carbons (Fsp3) is 0.308. The standard InChI is InChI=1S/C13H15BrN4O2/c1-18-9(5-16-13(18)15)10-7-4-6(14)2-3-8(7)17-11(10)12(19)20/h2-4,9,13,16-17H,5,15H2,1H3,(H,19,20). The van der Waals surface area contributed by atoms with Crippen molar-refractivity contribution >= 4 is 32.8 Å². The van der Waals surface area contributed by atoms with Crippen molar-refractivity contribution in [2.75, 3.05) is 13.6 Å². The molecule has 2 heterocycles. The zero-order chi connectivity index (χ0) is 14.4. The smallest absolute Gasteiger partial charge is 0.352 e. The molecule has 0 spiro atoms. The van der Waals surface area contributed by atoms with E-state index in [1.54, 1.807) is 0 Å². The van der Waals surface area contributed by atoms with Gasteiger partial charge in [-0.25, -0.2) is 4.79 Å². The second kappa shape index (κ2) is 4.85. The van der Waals surface area contributed by atoms with Gasteiger partial charge in [0.1, 0.15) is 12.0 Å². The minimum absolute atomic E-state index is 0.0702. The lowest BCUT2D eigenvalue weighted by molar-refractivity contribution is 0.0688. The van der Waals surface area contributed by atoms with Gasteiger partial charge in [-0.3, -0.25) is 10.2 Å². The molecule has 2 aromatic rings. The molecule has 0 bridgehead atoms. The molecule has 0 saturated carbocycles. The van der Waals surface area contributed by atoms with E-state index in [-0.39, 0.29) is 18.0 Å². The number of H-pyrrole nitrogens is 1. The Morgan fingerprint density at radius 1 is 1.55 bits per heavy atom. The molecule has 1 fully saturated rings. The van der Waals surface area contributed by atoms with Crippen LogP contribution in [0.2, 0.25) is 0 Å². The van der Waals surface area contributed by atoms with Crippen LogP contribution in [0, 0.1) is 0 Å². The third kappa shape index (κ3) is 2.03. The maximum Gasteiger partial charge on any atom is 0.352 e. The number of nitrogens with one attached hydrogen (secondary N) is 2. The van der Waals surface area contributed by atoms with E-state index in [0.29, 0.717) is 6.54 Å². The fourth-order valence-electron chi connectivity index (χ4n) is 2.72. The number of rotatable bonds is 2. The van der Waals surface area contributed by atoms with Crippen molar-refractivity contribution in [2.24, 2.45) is 5.73 Å². The number of nitrogens with zero attached hydrogens (tertiary/aromatic N) is 1. The quantitative estimate of drug-likeness (QED) is 0.664. The zero-order valence-corrected chi connectivity index (χ0v) is 12.4. The summed E-state index contributed by atoms with van der Waals surface area (Å²) >= 11 is 3.43. The van der Waals surface area contributed by atoms with Crippen LogP contribution in [-0.4, -0.2) is 40.8 Å². The average Bonchev–Trinajstić information content (AvgIpc) is 2.91. The highest BCUT2D eigenvalue weighted by Crippen LogP contribution is 2.34. The predicted molar refractivity (Wildman–Crippen MR) is 79.4 cm³/mol. The third-order valence-corrected chi connectivity index (χ3v) is 4.29. The molecule has 1 aliphatic heterocycles. The number of aromatic amines is 1. The molecule has 7 heteroatoms. The van der Waals surface area contributed by atoms with Crippen LogP contribution in [0.5, 0.6) is 0 Å². The molecule has 1 aromatic heterocycles. The largest absolute Gasteiger partial charge is 0.477 e. The third-order valence-electron chi connectivity index (χ3n) is 3.80. The molecule has 1 aliphatic rings. The van der Waals surface area contributed by atoms with Gasteiger partial charge in [-0.2, -0.15) is 0 Å². The van der Waals surface area contributed by atoms with Gasteiger partial charge in [0.05, 0.1) is 6.04 Å². The first-order chi connectivity index (χ1) is 9.49. The molecule has 2 unspecified atom stereocenters. The predicted octanol–water partition coefficient (Wildman–Crippen LogP) is 1.45. The van der Waals surface area contributed by atoms with Gasteiger partial charge in [-0.1, -0.05) is 15.9 Å². The number of fused-ring (bicyclic) bond motifs is 1. The molecule has 0 radical (unpaired) electrons. The van der Waals surface area contributed by atoms with Crippen LogP contribution < -0.4 is 11.1 Å². The lowest BCUT2D eigenvalue weighted by atomic mass is 10.0. The number of aromatic carboxylic acids is 1. The first kappa shape index (κ1) is 13.6. The molecular weight excluding hydrogens is 324 g/mol. The summed E-state index contributed by atoms with van der Waals surface area (Å²) in [6.07, 6.45) is -0.265. The van der Waals surface area contributed by atoms with E-state index in [1.807, 2.05) is 30.1 Å². The summed E-state index contributed by atoms with van der Waals surface area (Å²) in [5.74, 6) is -0.957. The zero-order valence-electron chi connectivity index (χ0n) is 10.9. The van der Waals surface area contributed by atoms with Gasteiger partial charge in [0, 0.05) is 27.5 Å². The lowest BCUT2D eigenvalue weighted by Crippen LogP contribution is -2.41. The number of halogens is 1. The summed E-state index contributed by atoms with van der Waals surface area (Å²) in [4.78, 5) is 16.4. The Balaban J connectivity index is 2.23. The van der Waals surface area contributed by atoms with E-state index in [2.05, 4.69) is 26.2 Å². The second-order valence-electron chi connectivity index (χ2n) is 4.94. The van der Waals surface area contributed by atoms with Crippen molar-refractivity contribution in [3.8, 4) is 0 Å². The average molecular weight is 339 g/mol. The summed E-state index contributed by atoms with van der Waals surface area (Å²) in [6.45, 7) is 0.622. The maximum atomic E-state index is 11.5. The summed E-state index contributed by atoms with van der Waals surface area (Å²) < 4.78 is 0.917. The van der Waals surface area contributed by atoms with Gasteiger partial charge in [0.2, 0.25) is 0 Å². The van der Waals surface area contributed by atoms with Crippen LogP contribution in [0.3, 0.4) is 0 Å². The van der Waals surface area contributed by atoms with Crippen LogP contribution in [0.15, 0.2) is 22.7 Å². The normalized spacial score (nSPS) is 23.6. The van der Waals surface area contributed by atoms with E-state index < -0.39 is 5.97 Å². The summed E-state index contributed by atoms with van der Waals surface area (Å²) in [7, 11) is 1.89. The Labute approximate surface area is 124 Å². The number of likely N-dealkylation sites (N-methyl/N-ethyl adjacent to an activating group) is 1. The highest BCUT2D eigenvalue weighted by Gasteiger charge is 2.33. The van der Waals surface area contributed by atoms with Gasteiger partial charge >= 0.3 is 5.97 Å². The molecule has 3 rings (SSSR count). The Bertz CT molecular complexity index is 684. The minimum atomic E-state index is -0.957. The van der Waals surface area contributed by atoms with Gasteiger partial charge in [-0.15, -0.1) is 0 Å². The van der Waals surface area contributed by atoms with Crippen molar-refractivity contribution in [1.29, 1.82) is 0 Å². The van der Waals surface area contributed by atoms with Crippen LogP contribution in [0.25, 0.3) is 10.9 Å². The highest BCUT2D eigenvalue weighted by atomic mass is 79.9. The number of carboxylic acid groups (broad SMARTS) is 1. The van der Waals surface area contributed by atoms with E-state index in [0.717, 1.165) is 20.9 Å². The highest BCUT2D eigenvalue weighted by molar-refractivity contribution is 9.10. The molecule has 0 amide bonds. The number of hydrogen-bond donors (Lipinski definition) is 4. The molecule has 1 saturated heterocycles. The lowest BCUT2D eigenvalue weighted by Gasteiger charge is -2.22. The van der Waals surface area contributed by atoms with E-state index in [4.69, 9.17) is 5.73 Å². The monoisotopic (exact) mass is 338 g/mol. The Morgan fingerprint density at radius 3 is 2.90 bits per heavy atom. The first-order valence-electron chi connectivity index (χ1n) is 6.24. The van der Waals surface area contributed by atoms with Crippen LogP contribution in [0.1, 0.15) is 22.1 Å². The molecule has 0 aliphatic carbocycles. The molecule has 106 valence electrons. The van der Waals surface area contributed by atoms with E-state index >= 15 is 0 Å². The fourth-order valence-corrected chi connectivity index (χ4v) is 3.08. The van der Waals surface area contributed by atoms with Gasteiger partial charge in [0.25, 0.3) is 0 Å². The molecule has 20 heavy (non-hydrogen) atoms. The number of hydrogen-bond acceptors (Lipinski definition) is 4. The van der Waals surface area contributed by atoms with Crippen molar-refractivity contribution in [1.82, 2.24) is 15.2 Å². The molecule has 2 atom stereocenters. The molecule has 6 nitrogen and oxygen atoms in total. The van der Waals surface area contributed by atoms with Crippen LogP contribution in [0.4, 0.5) is 0 Å². The Kier molecular flexibility index (Phi) is 3.29. The topological polar surface area (TPSA) is 94.4 Å². The number of carbonyl (C=O) groups is 1. The van der Waals surface area contributed by atoms with E-state index in [9.17, 15) is 9.90 Å². The second-order valence-corrected chi connectivity index (χ2v) is 5.86. The summed E-state index contributed by atoms with van der Waals surface area (Å²) in [5.41, 5.74) is 7.74. The first-order valence-corrected chi connectivity index (χ1v) is 7.03. The maximum absolute atomic E-state index is 11.5. The van der Waals surface area contributed by atoms with Gasteiger partial charge in [0.15, 0.2) is 0 Å². The van der Waals surface area contributed by atoms with Gasteiger partial charge < -0.3 is 15.8 Å². The van der Waals surface area contributed by atoms with Crippen molar-refractivity contribution < 1.29 is 9.90 Å². The SMILES string of the molecule is CN1C(N)NCC1c1c(C(=O)O)[nH]c2ccc(Br)cc12. The molecule has 5 N–H and O–H groups in total. The molecular formula is C13H15BrN4O2. The number of carboxylic acids is 1. The van der Waals surface area contributed by atoms with Crippen molar-refractivity contribution in [3.05, 3.63) is 33.9 Å². The van der Waals surface area contributed by atoms with E-state index in [1.165, 1.54) is 0 Å². The summed E-state index contributed by atoms with van der Waals surface area (Å²) in [5, 5.41) is 13.5. The number of benzene rings is 1.